The molecule has 1 aromatic rings. The highest BCUT2D eigenvalue weighted by Gasteiger charge is 2.37. The molecule has 0 bridgehead atoms. The van der Waals surface area contributed by atoms with Crippen molar-refractivity contribution in [3.8, 4) is 0 Å². The Morgan fingerprint density at radius 1 is 1.22 bits per heavy atom. The summed E-state index contributed by atoms with van der Waals surface area (Å²) in [4.78, 5) is 29.0. The monoisotopic (exact) mass is 372 g/mol. The zero-order valence-electron chi connectivity index (χ0n) is 17.0. The second kappa shape index (κ2) is 7.91. The first kappa shape index (κ1) is 19.7. The zero-order valence-corrected chi connectivity index (χ0v) is 17.0. The fourth-order valence-corrected chi connectivity index (χ4v) is 3.70. The van der Waals surface area contributed by atoms with Crippen molar-refractivity contribution in [1.82, 2.24) is 9.80 Å². The lowest BCUT2D eigenvalue weighted by Gasteiger charge is -2.35. The van der Waals surface area contributed by atoms with Gasteiger partial charge in [0, 0.05) is 25.0 Å². The standard InChI is InChI=1S/C22H32N2O3/c1-16-7-5-8-17(13-16)18-9-6-12-23(14-18)20(25)15-24(19-10-11-19)21(26)27-22(2,3)4/h5,7-8,13,18-19H,6,9-12,14-15H2,1-4H3. The predicted octanol–water partition coefficient (Wildman–Crippen LogP) is 4.10. The highest BCUT2D eigenvalue weighted by Crippen LogP contribution is 2.30. The zero-order chi connectivity index (χ0) is 19.6. The van der Waals surface area contributed by atoms with Gasteiger partial charge in [0.25, 0.3) is 0 Å². The summed E-state index contributed by atoms with van der Waals surface area (Å²) in [5.41, 5.74) is 2.01. The smallest absolute Gasteiger partial charge is 0.411 e. The van der Waals surface area contributed by atoms with Crippen LogP contribution < -0.4 is 0 Å². The normalized spacial score (nSPS) is 20.3. The molecular formula is C22H32N2O3. The van der Waals surface area contributed by atoms with Gasteiger partial charge in [0.1, 0.15) is 12.1 Å². The molecule has 1 unspecified atom stereocenters. The van der Waals surface area contributed by atoms with E-state index in [9.17, 15) is 9.59 Å². The van der Waals surface area contributed by atoms with Gasteiger partial charge in [0.2, 0.25) is 5.91 Å². The third-order valence-corrected chi connectivity index (χ3v) is 5.21. The van der Waals surface area contributed by atoms with E-state index < -0.39 is 5.60 Å². The summed E-state index contributed by atoms with van der Waals surface area (Å²) in [5, 5.41) is 0. The van der Waals surface area contributed by atoms with Gasteiger partial charge in [-0.1, -0.05) is 29.8 Å². The van der Waals surface area contributed by atoms with Crippen molar-refractivity contribution in [3.63, 3.8) is 0 Å². The molecule has 0 aromatic heterocycles. The van der Waals surface area contributed by atoms with E-state index in [1.807, 2.05) is 25.7 Å². The molecule has 0 radical (unpaired) electrons. The summed E-state index contributed by atoms with van der Waals surface area (Å²) < 4.78 is 5.51. The second-order valence-corrected chi connectivity index (χ2v) is 8.93. The number of hydrogen-bond donors (Lipinski definition) is 0. The molecule has 2 fully saturated rings. The number of likely N-dealkylation sites (tertiary alicyclic amines) is 1. The fourth-order valence-electron chi connectivity index (χ4n) is 3.70. The maximum atomic E-state index is 12.9. The predicted molar refractivity (Wildman–Crippen MR) is 106 cm³/mol. The lowest BCUT2D eigenvalue weighted by molar-refractivity contribution is -0.133. The third-order valence-electron chi connectivity index (χ3n) is 5.21. The van der Waals surface area contributed by atoms with Crippen LogP contribution >= 0.6 is 0 Å². The summed E-state index contributed by atoms with van der Waals surface area (Å²) in [6.45, 7) is 9.30. The van der Waals surface area contributed by atoms with E-state index in [0.717, 1.165) is 38.8 Å². The van der Waals surface area contributed by atoms with E-state index in [1.165, 1.54) is 11.1 Å². The van der Waals surface area contributed by atoms with Gasteiger partial charge in [-0.25, -0.2) is 4.79 Å². The number of hydrogen-bond acceptors (Lipinski definition) is 3. The number of amides is 2. The van der Waals surface area contributed by atoms with Crippen LogP contribution in [-0.2, 0) is 9.53 Å². The van der Waals surface area contributed by atoms with Crippen molar-refractivity contribution in [2.24, 2.45) is 0 Å². The summed E-state index contributed by atoms with van der Waals surface area (Å²) in [6.07, 6.45) is 3.65. The Balaban J connectivity index is 1.63. The molecule has 27 heavy (non-hydrogen) atoms. The van der Waals surface area contributed by atoms with Crippen molar-refractivity contribution in [1.29, 1.82) is 0 Å². The van der Waals surface area contributed by atoms with Crippen molar-refractivity contribution in [2.75, 3.05) is 19.6 Å². The molecule has 1 saturated carbocycles. The van der Waals surface area contributed by atoms with Crippen LogP contribution in [0.3, 0.4) is 0 Å². The Morgan fingerprint density at radius 2 is 1.96 bits per heavy atom. The number of carbonyl (C=O) groups is 2. The van der Waals surface area contributed by atoms with E-state index in [4.69, 9.17) is 4.74 Å². The van der Waals surface area contributed by atoms with Gasteiger partial charge >= 0.3 is 6.09 Å². The maximum absolute atomic E-state index is 12.9. The van der Waals surface area contributed by atoms with Gasteiger partial charge in [-0.05, 0) is 58.9 Å². The molecule has 2 aliphatic rings. The molecule has 1 aromatic carbocycles. The molecule has 148 valence electrons. The van der Waals surface area contributed by atoms with Crippen LogP contribution in [0, 0.1) is 6.92 Å². The van der Waals surface area contributed by atoms with Crippen LogP contribution in [0.25, 0.3) is 0 Å². The Morgan fingerprint density at radius 3 is 2.59 bits per heavy atom. The minimum absolute atomic E-state index is 0.0325. The number of rotatable bonds is 4. The molecule has 2 amide bonds. The highest BCUT2D eigenvalue weighted by molar-refractivity contribution is 5.83. The molecule has 1 heterocycles. The van der Waals surface area contributed by atoms with E-state index in [-0.39, 0.29) is 24.6 Å². The SMILES string of the molecule is Cc1cccc(C2CCCN(C(=O)CN(C(=O)OC(C)(C)C)C3CC3)C2)c1. The number of piperidine rings is 1. The average Bonchev–Trinajstić information content (AvgIpc) is 3.43. The van der Waals surface area contributed by atoms with E-state index in [2.05, 4.69) is 31.2 Å². The van der Waals surface area contributed by atoms with Crippen LogP contribution in [0.5, 0.6) is 0 Å². The van der Waals surface area contributed by atoms with E-state index in [1.54, 1.807) is 4.90 Å². The van der Waals surface area contributed by atoms with Gasteiger partial charge in [-0.15, -0.1) is 0 Å². The van der Waals surface area contributed by atoms with E-state index in [0.29, 0.717) is 5.92 Å². The summed E-state index contributed by atoms with van der Waals surface area (Å²) >= 11 is 0. The molecule has 5 heteroatoms. The molecule has 3 rings (SSSR count). The van der Waals surface area contributed by atoms with Gasteiger partial charge in [-0.3, -0.25) is 9.69 Å². The minimum Gasteiger partial charge on any atom is -0.444 e. The number of benzene rings is 1. The maximum Gasteiger partial charge on any atom is 0.411 e. The van der Waals surface area contributed by atoms with Crippen LogP contribution in [0.15, 0.2) is 24.3 Å². The highest BCUT2D eigenvalue weighted by atomic mass is 16.6. The van der Waals surface area contributed by atoms with Crippen LogP contribution in [0.2, 0.25) is 0 Å². The van der Waals surface area contributed by atoms with Gasteiger partial charge in [0.15, 0.2) is 0 Å². The van der Waals surface area contributed by atoms with Gasteiger partial charge in [0.05, 0.1) is 0 Å². The van der Waals surface area contributed by atoms with E-state index >= 15 is 0 Å². The average molecular weight is 373 g/mol. The first-order valence-electron chi connectivity index (χ1n) is 10.1. The van der Waals surface area contributed by atoms with Crippen molar-refractivity contribution < 1.29 is 14.3 Å². The first-order valence-corrected chi connectivity index (χ1v) is 10.1. The summed E-state index contributed by atoms with van der Waals surface area (Å²) in [7, 11) is 0. The molecule has 5 nitrogen and oxygen atoms in total. The van der Waals surface area contributed by atoms with Crippen molar-refractivity contribution in [2.45, 2.75) is 70.9 Å². The molecule has 1 saturated heterocycles. The van der Waals surface area contributed by atoms with Crippen molar-refractivity contribution >= 4 is 12.0 Å². The first-order chi connectivity index (χ1) is 12.7. The molecule has 1 atom stereocenters. The summed E-state index contributed by atoms with van der Waals surface area (Å²) in [5.74, 6) is 0.406. The number of ether oxygens (including phenoxy) is 1. The topological polar surface area (TPSA) is 49.9 Å². The molecule has 1 aliphatic carbocycles. The largest absolute Gasteiger partial charge is 0.444 e. The third kappa shape index (κ3) is 5.47. The number of nitrogens with zero attached hydrogens (tertiary/aromatic N) is 2. The lowest BCUT2D eigenvalue weighted by atomic mass is 9.90. The second-order valence-electron chi connectivity index (χ2n) is 8.93. The molecule has 1 aliphatic heterocycles. The minimum atomic E-state index is -0.547. The quantitative estimate of drug-likeness (QED) is 0.799. The van der Waals surface area contributed by atoms with Gasteiger partial charge in [-0.2, -0.15) is 0 Å². The van der Waals surface area contributed by atoms with Crippen LogP contribution in [0.1, 0.15) is 63.5 Å². The number of aryl methyl sites for hydroxylation is 1. The lowest BCUT2D eigenvalue weighted by Crippen LogP contribution is -2.48. The Kier molecular flexibility index (Phi) is 5.78. The van der Waals surface area contributed by atoms with Gasteiger partial charge < -0.3 is 9.64 Å². The summed E-state index contributed by atoms with van der Waals surface area (Å²) in [6, 6.07) is 8.71. The molecule has 0 spiro atoms. The van der Waals surface area contributed by atoms with Crippen LogP contribution in [0.4, 0.5) is 4.79 Å². The number of carbonyl (C=O) groups excluding carboxylic acids is 2. The fraction of sp³-hybridized carbons (Fsp3) is 0.636. The van der Waals surface area contributed by atoms with Crippen LogP contribution in [-0.4, -0.2) is 53.1 Å². The molecular weight excluding hydrogens is 340 g/mol. The Labute approximate surface area is 162 Å². The Bertz CT molecular complexity index is 691. The van der Waals surface area contributed by atoms with Crippen molar-refractivity contribution in [3.05, 3.63) is 35.4 Å². The molecule has 0 N–H and O–H groups in total. The Hall–Kier alpha value is -2.04.